The van der Waals surface area contributed by atoms with E-state index in [2.05, 4.69) is 39.1 Å². The summed E-state index contributed by atoms with van der Waals surface area (Å²) in [4.78, 5) is 27.1. The molecule has 1 aromatic carbocycles. The highest BCUT2D eigenvalue weighted by Gasteiger charge is 2.23. The number of nitrogens with zero attached hydrogens (tertiary/aromatic N) is 4. The van der Waals surface area contributed by atoms with Gasteiger partial charge in [-0.25, -0.2) is 4.98 Å². The van der Waals surface area contributed by atoms with Gasteiger partial charge in [0.25, 0.3) is 0 Å². The van der Waals surface area contributed by atoms with Crippen LogP contribution in [-0.4, -0.2) is 47.0 Å². The minimum absolute atomic E-state index is 0.182. The van der Waals surface area contributed by atoms with Crippen LogP contribution in [0.3, 0.4) is 0 Å². The van der Waals surface area contributed by atoms with Crippen molar-refractivity contribution >= 4 is 22.9 Å². The molecular weight excluding hydrogens is 356 g/mol. The first-order chi connectivity index (χ1) is 13.2. The van der Waals surface area contributed by atoms with Crippen LogP contribution in [0.25, 0.3) is 10.7 Å². The topological polar surface area (TPSA) is 49.3 Å². The molecule has 1 amide bonds. The van der Waals surface area contributed by atoms with E-state index in [1.807, 2.05) is 36.1 Å². The molecule has 138 valence electrons. The number of anilines is 1. The second-order valence-corrected chi connectivity index (χ2v) is 7.71. The zero-order chi connectivity index (χ0) is 18.6. The first-order valence-corrected chi connectivity index (χ1v) is 9.98. The van der Waals surface area contributed by atoms with Crippen molar-refractivity contribution in [3.05, 3.63) is 65.3 Å². The van der Waals surface area contributed by atoms with E-state index in [0.717, 1.165) is 47.5 Å². The second kappa shape index (κ2) is 7.88. The number of piperazine rings is 1. The van der Waals surface area contributed by atoms with Crippen molar-refractivity contribution in [1.82, 2.24) is 14.9 Å². The maximum Gasteiger partial charge on any atom is 0.228 e. The monoisotopic (exact) mass is 378 g/mol. The second-order valence-electron chi connectivity index (χ2n) is 6.62. The molecule has 5 nitrogen and oxygen atoms in total. The van der Waals surface area contributed by atoms with Gasteiger partial charge in [-0.2, -0.15) is 0 Å². The standard InChI is InChI=1S/C21H22N4OS/c1-16-19(27-21(23-16)18-9-5-6-10-22-18)15-20(26)25-13-11-24(12-14-25)17-7-3-2-4-8-17/h2-10H,11-15H2,1H3. The number of benzene rings is 1. The van der Waals surface area contributed by atoms with Gasteiger partial charge in [-0.1, -0.05) is 24.3 Å². The molecule has 0 atom stereocenters. The highest BCUT2D eigenvalue weighted by Crippen LogP contribution is 2.27. The van der Waals surface area contributed by atoms with Crippen molar-refractivity contribution in [2.75, 3.05) is 31.1 Å². The Morgan fingerprint density at radius 3 is 2.48 bits per heavy atom. The average Bonchev–Trinajstić information content (AvgIpc) is 3.10. The fourth-order valence-corrected chi connectivity index (χ4v) is 4.32. The van der Waals surface area contributed by atoms with Gasteiger partial charge in [0.15, 0.2) is 0 Å². The zero-order valence-corrected chi connectivity index (χ0v) is 16.2. The first kappa shape index (κ1) is 17.7. The molecule has 3 heterocycles. The van der Waals surface area contributed by atoms with Gasteiger partial charge < -0.3 is 9.80 Å². The Bertz CT molecular complexity index is 902. The molecule has 3 aromatic rings. The zero-order valence-electron chi connectivity index (χ0n) is 15.3. The Morgan fingerprint density at radius 1 is 1.04 bits per heavy atom. The lowest BCUT2D eigenvalue weighted by Gasteiger charge is -2.36. The molecule has 2 aromatic heterocycles. The molecule has 0 aliphatic carbocycles. The lowest BCUT2D eigenvalue weighted by Crippen LogP contribution is -2.49. The maximum atomic E-state index is 12.8. The Hall–Kier alpha value is -2.73. The van der Waals surface area contributed by atoms with Crippen molar-refractivity contribution in [1.29, 1.82) is 0 Å². The van der Waals surface area contributed by atoms with Gasteiger partial charge in [-0.05, 0) is 31.2 Å². The summed E-state index contributed by atoms with van der Waals surface area (Å²) in [6.07, 6.45) is 2.19. The van der Waals surface area contributed by atoms with E-state index < -0.39 is 0 Å². The van der Waals surface area contributed by atoms with Crippen LogP contribution < -0.4 is 4.90 Å². The summed E-state index contributed by atoms with van der Waals surface area (Å²) in [6, 6.07) is 16.2. The molecule has 1 aliphatic heterocycles. The predicted molar refractivity (Wildman–Crippen MR) is 109 cm³/mol. The summed E-state index contributed by atoms with van der Waals surface area (Å²) >= 11 is 1.57. The summed E-state index contributed by atoms with van der Waals surface area (Å²) < 4.78 is 0. The third-order valence-electron chi connectivity index (χ3n) is 4.84. The fraction of sp³-hybridized carbons (Fsp3) is 0.286. The van der Waals surface area contributed by atoms with Crippen molar-refractivity contribution in [2.45, 2.75) is 13.3 Å². The van der Waals surface area contributed by atoms with Crippen LogP contribution >= 0.6 is 11.3 Å². The summed E-state index contributed by atoms with van der Waals surface area (Å²) in [5, 5.41) is 0.879. The molecule has 6 heteroatoms. The number of aromatic nitrogens is 2. The van der Waals surface area contributed by atoms with E-state index in [1.54, 1.807) is 17.5 Å². The molecule has 0 radical (unpaired) electrons. The Kier molecular flexibility index (Phi) is 5.16. The summed E-state index contributed by atoms with van der Waals surface area (Å²) in [6.45, 7) is 5.24. The van der Waals surface area contributed by atoms with Crippen LogP contribution in [0.15, 0.2) is 54.7 Å². The van der Waals surface area contributed by atoms with Crippen molar-refractivity contribution < 1.29 is 4.79 Å². The molecule has 4 rings (SSSR count). The van der Waals surface area contributed by atoms with Crippen LogP contribution in [0.1, 0.15) is 10.6 Å². The van der Waals surface area contributed by atoms with Gasteiger partial charge in [0.05, 0.1) is 17.8 Å². The average molecular weight is 379 g/mol. The van der Waals surface area contributed by atoms with E-state index in [9.17, 15) is 4.79 Å². The number of para-hydroxylation sites is 1. The SMILES string of the molecule is Cc1nc(-c2ccccn2)sc1CC(=O)N1CCN(c2ccccc2)CC1. The third-order valence-corrected chi connectivity index (χ3v) is 6.02. The lowest BCUT2D eigenvalue weighted by atomic mass is 10.2. The van der Waals surface area contributed by atoms with E-state index in [4.69, 9.17) is 0 Å². The highest BCUT2D eigenvalue weighted by atomic mass is 32.1. The number of hydrogen-bond acceptors (Lipinski definition) is 5. The van der Waals surface area contributed by atoms with E-state index >= 15 is 0 Å². The molecule has 1 saturated heterocycles. The quantitative estimate of drug-likeness (QED) is 0.698. The van der Waals surface area contributed by atoms with E-state index in [-0.39, 0.29) is 5.91 Å². The van der Waals surface area contributed by atoms with Crippen molar-refractivity contribution in [3.8, 4) is 10.7 Å². The molecule has 1 fully saturated rings. The van der Waals surface area contributed by atoms with Crippen LogP contribution in [0.4, 0.5) is 5.69 Å². The number of carbonyl (C=O) groups is 1. The summed E-state index contributed by atoms with van der Waals surface area (Å²) in [7, 11) is 0. The van der Waals surface area contributed by atoms with Gasteiger partial charge >= 0.3 is 0 Å². The molecule has 1 aliphatic rings. The molecule has 0 spiro atoms. The van der Waals surface area contributed by atoms with Crippen LogP contribution in [0, 0.1) is 6.92 Å². The van der Waals surface area contributed by atoms with E-state index in [0.29, 0.717) is 6.42 Å². The van der Waals surface area contributed by atoms with Crippen LogP contribution in [0.2, 0.25) is 0 Å². The number of hydrogen-bond donors (Lipinski definition) is 0. The van der Waals surface area contributed by atoms with Gasteiger partial charge in [-0.15, -0.1) is 11.3 Å². The highest BCUT2D eigenvalue weighted by molar-refractivity contribution is 7.15. The number of aryl methyl sites for hydroxylation is 1. The Labute approximate surface area is 163 Å². The van der Waals surface area contributed by atoms with Crippen molar-refractivity contribution in [3.63, 3.8) is 0 Å². The smallest absolute Gasteiger partial charge is 0.228 e. The van der Waals surface area contributed by atoms with Gasteiger partial charge in [0.2, 0.25) is 5.91 Å². The number of rotatable bonds is 4. The first-order valence-electron chi connectivity index (χ1n) is 9.16. The van der Waals surface area contributed by atoms with Crippen molar-refractivity contribution in [2.24, 2.45) is 0 Å². The normalized spacial score (nSPS) is 14.4. The molecule has 0 bridgehead atoms. The van der Waals surface area contributed by atoms with Gasteiger partial charge in [-0.3, -0.25) is 9.78 Å². The number of amides is 1. The molecule has 0 saturated carbocycles. The minimum atomic E-state index is 0.182. The molecular formula is C21H22N4OS. The summed E-state index contributed by atoms with van der Waals surface area (Å²) in [5.41, 5.74) is 3.01. The molecule has 0 unspecified atom stereocenters. The predicted octanol–water partition coefficient (Wildman–Crippen LogP) is 3.40. The molecule has 0 N–H and O–H groups in total. The summed E-state index contributed by atoms with van der Waals surface area (Å²) in [5.74, 6) is 0.182. The minimum Gasteiger partial charge on any atom is -0.368 e. The fourth-order valence-electron chi connectivity index (χ4n) is 3.29. The van der Waals surface area contributed by atoms with E-state index in [1.165, 1.54) is 5.69 Å². The Balaban J connectivity index is 1.38. The molecule has 27 heavy (non-hydrogen) atoms. The number of thiazole rings is 1. The maximum absolute atomic E-state index is 12.8. The Morgan fingerprint density at radius 2 is 1.78 bits per heavy atom. The lowest BCUT2D eigenvalue weighted by molar-refractivity contribution is -0.130. The van der Waals surface area contributed by atoms with Crippen LogP contribution in [-0.2, 0) is 11.2 Å². The van der Waals surface area contributed by atoms with Crippen LogP contribution in [0.5, 0.6) is 0 Å². The number of pyridine rings is 1. The van der Waals surface area contributed by atoms with Gasteiger partial charge in [0, 0.05) is 42.9 Å². The number of carbonyl (C=O) groups excluding carboxylic acids is 1. The van der Waals surface area contributed by atoms with Gasteiger partial charge in [0.1, 0.15) is 5.01 Å². The largest absolute Gasteiger partial charge is 0.368 e. The third kappa shape index (κ3) is 4.01.